The number of amides is 1. The molecule has 0 aliphatic rings. The normalized spacial score (nSPS) is 10.8. The van der Waals surface area contributed by atoms with Gasteiger partial charge in [0.15, 0.2) is 5.76 Å². The molecule has 2 aromatic rings. The van der Waals surface area contributed by atoms with Gasteiger partial charge in [0.2, 0.25) is 0 Å². The lowest BCUT2D eigenvalue weighted by molar-refractivity contribution is 0.0341. The van der Waals surface area contributed by atoms with Crippen molar-refractivity contribution in [1.82, 2.24) is 5.48 Å². The summed E-state index contributed by atoms with van der Waals surface area (Å²) in [5.41, 5.74) is 3.81. The van der Waals surface area contributed by atoms with Gasteiger partial charge in [-0.3, -0.25) is 9.63 Å². The number of fused-ring (bicyclic) bond motifs is 1. The topological polar surface area (TPSA) is 51.5 Å². The Morgan fingerprint density at radius 3 is 3.00 bits per heavy atom. The first-order valence-electron chi connectivity index (χ1n) is 5.24. The molecule has 1 aromatic heterocycles. The van der Waals surface area contributed by atoms with Crippen LogP contribution >= 0.6 is 15.9 Å². The maximum atomic E-state index is 11.7. The van der Waals surface area contributed by atoms with Gasteiger partial charge in [0.25, 0.3) is 0 Å². The maximum absolute atomic E-state index is 11.7. The Morgan fingerprint density at radius 1 is 1.53 bits per heavy atom. The van der Waals surface area contributed by atoms with E-state index in [9.17, 15) is 4.79 Å². The molecule has 0 unspecified atom stereocenters. The Bertz CT molecular complexity index is 562. The predicted molar refractivity (Wildman–Crippen MR) is 67.7 cm³/mol. The van der Waals surface area contributed by atoms with Gasteiger partial charge < -0.3 is 4.42 Å². The van der Waals surface area contributed by atoms with Gasteiger partial charge in [0.05, 0.1) is 6.61 Å². The molecular formula is C12H12BrNO3. The summed E-state index contributed by atoms with van der Waals surface area (Å²) in [5.74, 6) is -0.0803. The van der Waals surface area contributed by atoms with Gasteiger partial charge in [-0.1, -0.05) is 15.9 Å². The van der Waals surface area contributed by atoms with Gasteiger partial charge in [-0.15, -0.1) is 0 Å². The molecule has 0 radical (unpaired) electrons. The second-order valence-electron chi connectivity index (χ2n) is 3.56. The largest absolute Gasteiger partial charge is 0.451 e. The summed E-state index contributed by atoms with van der Waals surface area (Å²) in [6.45, 7) is 4.05. The van der Waals surface area contributed by atoms with Crippen LogP contribution in [0, 0.1) is 6.92 Å². The quantitative estimate of drug-likeness (QED) is 0.885. The molecule has 1 N–H and O–H groups in total. The van der Waals surface area contributed by atoms with Crippen molar-refractivity contribution in [2.75, 3.05) is 6.61 Å². The molecule has 5 heteroatoms. The molecule has 1 amide bonds. The Hall–Kier alpha value is -1.33. The van der Waals surface area contributed by atoms with E-state index in [0.29, 0.717) is 12.2 Å². The molecule has 2 rings (SSSR count). The third kappa shape index (κ3) is 2.35. The van der Waals surface area contributed by atoms with E-state index in [1.165, 1.54) is 0 Å². The lowest BCUT2D eigenvalue weighted by Crippen LogP contribution is -2.23. The molecule has 17 heavy (non-hydrogen) atoms. The van der Waals surface area contributed by atoms with Gasteiger partial charge >= 0.3 is 5.91 Å². The van der Waals surface area contributed by atoms with Crippen LogP contribution < -0.4 is 5.48 Å². The van der Waals surface area contributed by atoms with Gasteiger partial charge in [-0.2, -0.15) is 0 Å². The predicted octanol–water partition coefficient (Wildman–Crippen LogP) is 3.19. The molecule has 0 aliphatic heterocycles. The molecule has 1 aromatic carbocycles. The summed E-state index contributed by atoms with van der Waals surface area (Å²) < 4.78 is 6.45. The number of rotatable bonds is 3. The smallest absolute Gasteiger partial charge is 0.310 e. The molecule has 0 atom stereocenters. The molecule has 4 nitrogen and oxygen atoms in total. The highest BCUT2D eigenvalue weighted by Gasteiger charge is 2.17. The first-order valence-corrected chi connectivity index (χ1v) is 6.03. The van der Waals surface area contributed by atoms with Crippen LogP contribution in [-0.4, -0.2) is 12.5 Å². The van der Waals surface area contributed by atoms with Crippen LogP contribution in [0.2, 0.25) is 0 Å². The first kappa shape index (κ1) is 12.1. The number of carbonyl (C=O) groups excluding carboxylic acids is 1. The number of carbonyl (C=O) groups is 1. The molecule has 0 aliphatic carbocycles. The number of nitrogens with one attached hydrogen (secondary N) is 1. The Balaban J connectivity index is 2.42. The van der Waals surface area contributed by atoms with E-state index >= 15 is 0 Å². The van der Waals surface area contributed by atoms with Crippen molar-refractivity contribution >= 4 is 32.8 Å². The summed E-state index contributed by atoms with van der Waals surface area (Å²) in [5, 5.41) is 0.918. The molecule has 0 spiro atoms. The minimum absolute atomic E-state index is 0.284. The van der Waals surface area contributed by atoms with Gasteiger partial charge in [-0.25, -0.2) is 5.48 Å². The van der Waals surface area contributed by atoms with Crippen molar-refractivity contribution in [1.29, 1.82) is 0 Å². The van der Waals surface area contributed by atoms with Crippen LogP contribution in [0.25, 0.3) is 11.0 Å². The monoisotopic (exact) mass is 297 g/mol. The second kappa shape index (κ2) is 4.89. The fraction of sp³-hybridized carbons (Fsp3) is 0.250. The molecule has 0 saturated heterocycles. The van der Waals surface area contributed by atoms with E-state index < -0.39 is 0 Å². The van der Waals surface area contributed by atoms with Crippen LogP contribution in [0.4, 0.5) is 0 Å². The van der Waals surface area contributed by atoms with Crippen molar-refractivity contribution in [3.05, 3.63) is 34.0 Å². The molecule has 0 fully saturated rings. The van der Waals surface area contributed by atoms with E-state index in [2.05, 4.69) is 21.4 Å². The minimum atomic E-state index is -0.364. The standard InChI is InChI=1S/C12H12BrNO3/c1-3-16-14-12(15)11-7(2)9-6-8(13)4-5-10(9)17-11/h4-6H,3H2,1-2H3,(H,14,15). The maximum Gasteiger partial charge on any atom is 0.310 e. The number of furan rings is 1. The molecule has 90 valence electrons. The summed E-state index contributed by atoms with van der Waals surface area (Å²) in [6.07, 6.45) is 0. The SMILES string of the molecule is CCONC(=O)c1oc2ccc(Br)cc2c1C. The number of benzene rings is 1. The fourth-order valence-corrected chi connectivity index (χ4v) is 1.95. The first-order chi connectivity index (χ1) is 8.13. The summed E-state index contributed by atoms with van der Waals surface area (Å²) in [6, 6.07) is 5.62. The third-order valence-corrected chi connectivity index (χ3v) is 2.91. The van der Waals surface area contributed by atoms with Crippen molar-refractivity contribution in [3.63, 3.8) is 0 Å². The van der Waals surface area contributed by atoms with Crippen molar-refractivity contribution < 1.29 is 14.0 Å². The zero-order valence-electron chi connectivity index (χ0n) is 9.54. The zero-order valence-corrected chi connectivity index (χ0v) is 11.1. The van der Waals surface area contributed by atoms with Crippen molar-refractivity contribution in [3.8, 4) is 0 Å². The van der Waals surface area contributed by atoms with E-state index in [4.69, 9.17) is 9.25 Å². The fourth-order valence-electron chi connectivity index (χ4n) is 1.59. The van der Waals surface area contributed by atoms with Gasteiger partial charge in [0, 0.05) is 15.4 Å². The number of hydrogen-bond acceptors (Lipinski definition) is 3. The molecule has 0 saturated carbocycles. The summed E-state index contributed by atoms with van der Waals surface area (Å²) in [7, 11) is 0. The number of hydrogen-bond donors (Lipinski definition) is 1. The lowest BCUT2D eigenvalue weighted by atomic mass is 10.1. The minimum Gasteiger partial charge on any atom is -0.451 e. The van der Waals surface area contributed by atoms with Crippen LogP contribution in [0.5, 0.6) is 0 Å². The van der Waals surface area contributed by atoms with E-state index in [-0.39, 0.29) is 11.7 Å². The highest BCUT2D eigenvalue weighted by Crippen LogP contribution is 2.27. The van der Waals surface area contributed by atoms with Crippen LogP contribution in [0.3, 0.4) is 0 Å². The Labute approximate surface area is 107 Å². The average Bonchev–Trinajstić information content (AvgIpc) is 2.64. The highest BCUT2D eigenvalue weighted by molar-refractivity contribution is 9.10. The molecular weight excluding hydrogens is 286 g/mol. The van der Waals surface area contributed by atoms with E-state index in [0.717, 1.165) is 15.4 Å². The molecule has 1 heterocycles. The van der Waals surface area contributed by atoms with Crippen molar-refractivity contribution in [2.45, 2.75) is 13.8 Å². The van der Waals surface area contributed by atoms with Gasteiger partial charge in [-0.05, 0) is 32.0 Å². The highest BCUT2D eigenvalue weighted by atomic mass is 79.9. The van der Waals surface area contributed by atoms with Gasteiger partial charge in [0.1, 0.15) is 5.58 Å². The average molecular weight is 298 g/mol. The van der Waals surface area contributed by atoms with Crippen molar-refractivity contribution in [2.24, 2.45) is 0 Å². The summed E-state index contributed by atoms with van der Waals surface area (Å²) >= 11 is 3.39. The van der Waals surface area contributed by atoms with E-state index in [1.54, 1.807) is 6.92 Å². The second-order valence-corrected chi connectivity index (χ2v) is 4.48. The molecule has 0 bridgehead atoms. The number of hydroxylamine groups is 1. The van der Waals surface area contributed by atoms with Crippen LogP contribution in [0.15, 0.2) is 27.1 Å². The summed E-state index contributed by atoms with van der Waals surface area (Å²) in [4.78, 5) is 16.6. The number of halogens is 1. The Morgan fingerprint density at radius 2 is 2.29 bits per heavy atom. The van der Waals surface area contributed by atoms with Crippen LogP contribution in [0.1, 0.15) is 23.0 Å². The third-order valence-electron chi connectivity index (χ3n) is 2.41. The Kier molecular flexibility index (Phi) is 3.49. The zero-order chi connectivity index (χ0) is 12.4. The van der Waals surface area contributed by atoms with E-state index in [1.807, 2.05) is 25.1 Å². The number of aryl methyl sites for hydroxylation is 1. The van der Waals surface area contributed by atoms with Crippen LogP contribution in [-0.2, 0) is 4.84 Å². The lowest BCUT2D eigenvalue weighted by Gasteiger charge is -2.00.